The highest BCUT2D eigenvalue weighted by Gasteiger charge is 2.10. The maximum atomic E-state index is 11.2. The van der Waals surface area contributed by atoms with Crippen molar-refractivity contribution in [3.8, 4) is 0 Å². The lowest BCUT2D eigenvalue weighted by Crippen LogP contribution is -1.99. The fourth-order valence-electron chi connectivity index (χ4n) is 1.90. The molecule has 0 atom stereocenters. The minimum atomic E-state index is -0.944. The van der Waals surface area contributed by atoms with Crippen LogP contribution < -0.4 is 0 Å². The molecule has 0 aliphatic carbocycles. The SMILES string of the molecule is C=Cc1cc2cccc(C=C)c2cc1C(=O)O. The molecule has 84 valence electrons. The van der Waals surface area contributed by atoms with Crippen LogP contribution in [0.3, 0.4) is 0 Å². The molecule has 2 heteroatoms. The third-order valence-corrected chi connectivity index (χ3v) is 2.75. The maximum absolute atomic E-state index is 11.2. The van der Waals surface area contributed by atoms with Gasteiger partial charge in [0.1, 0.15) is 0 Å². The van der Waals surface area contributed by atoms with E-state index in [0.29, 0.717) is 5.56 Å². The summed E-state index contributed by atoms with van der Waals surface area (Å²) >= 11 is 0. The molecule has 0 aromatic heterocycles. The Morgan fingerprint density at radius 2 is 1.82 bits per heavy atom. The van der Waals surface area contributed by atoms with Gasteiger partial charge in [-0.05, 0) is 34.0 Å². The number of rotatable bonds is 3. The van der Waals surface area contributed by atoms with Gasteiger partial charge in [0.2, 0.25) is 0 Å². The Bertz CT molecular complexity index is 624. The van der Waals surface area contributed by atoms with Crippen LogP contribution in [0.25, 0.3) is 22.9 Å². The van der Waals surface area contributed by atoms with Crippen LogP contribution in [0.2, 0.25) is 0 Å². The predicted molar refractivity (Wildman–Crippen MR) is 71.1 cm³/mol. The van der Waals surface area contributed by atoms with Crippen molar-refractivity contribution >= 4 is 28.9 Å². The molecule has 2 aromatic carbocycles. The standard InChI is InChI=1S/C15H12O2/c1-3-10-6-5-7-12-8-11(4-2)14(15(16)17)9-13(10)12/h3-9H,1-2H2,(H,16,17). The average Bonchev–Trinajstić information content (AvgIpc) is 2.36. The first kappa shape index (κ1) is 11.1. The lowest BCUT2D eigenvalue weighted by atomic mass is 9.97. The quantitative estimate of drug-likeness (QED) is 0.860. The highest BCUT2D eigenvalue weighted by Crippen LogP contribution is 2.25. The van der Waals surface area contributed by atoms with E-state index in [-0.39, 0.29) is 5.56 Å². The third-order valence-electron chi connectivity index (χ3n) is 2.75. The van der Waals surface area contributed by atoms with Crippen molar-refractivity contribution in [3.05, 3.63) is 60.2 Å². The maximum Gasteiger partial charge on any atom is 0.336 e. The Hall–Kier alpha value is -2.35. The second kappa shape index (κ2) is 4.26. The van der Waals surface area contributed by atoms with E-state index in [2.05, 4.69) is 13.2 Å². The topological polar surface area (TPSA) is 37.3 Å². The van der Waals surface area contributed by atoms with Gasteiger partial charge in [-0.3, -0.25) is 0 Å². The van der Waals surface area contributed by atoms with Crippen molar-refractivity contribution in [2.75, 3.05) is 0 Å². The van der Waals surface area contributed by atoms with Gasteiger partial charge in [-0.25, -0.2) is 4.79 Å². The van der Waals surface area contributed by atoms with Crippen molar-refractivity contribution in [2.24, 2.45) is 0 Å². The van der Waals surface area contributed by atoms with E-state index >= 15 is 0 Å². The second-order valence-electron chi connectivity index (χ2n) is 3.72. The molecule has 0 spiro atoms. The number of carboxylic acid groups (broad SMARTS) is 1. The van der Waals surface area contributed by atoms with Gasteiger partial charge < -0.3 is 5.11 Å². The van der Waals surface area contributed by atoms with E-state index < -0.39 is 5.97 Å². The summed E-state index contributed by atoms with van der Waals surface area (Å²) in [6.07, 6.45) is 3.28. The summed E-state index contributed by atoms with van der Waals surface area (Å²) in [4.78, 5) is 11.2. The molecule has 17 heavy (non-hydrogen) atoms. The van der Waals surface area contributed by atoms with Crippen molar-refractivity contribution in [1.29, 1.82) is 0 Å². The van der Waals surface area contributed by atoms with Gasteiger partial charge in [0, 0.05) is 0 Å². The van der Waals surface area contributed by atoms with Crippen LogP contribution in [0.4, 0.5) is 0 Å². The van der Waals surface area contributed by atoms with E-state index in [0.717, 1.165) is 16.3 Å². The largest absolute Gasteiger partial charge is 0.478 e. The van der Waals surface area contributed by atoms with Gasteiger partial charge in [0.15, 0.2) is 0 Å². The molecule has 2 nitrogen and oxygen atoms in total. The van der Waals surface area contributed by atoms with Gasteiger partial charge >= 0.3 is 5.97 Å². The van der Waals surface area contributed by atoms with E-state index in [1.807, 2.05) is 24.3 Å². The molecule has 0 radical (unpaired) electrons. The number of hydrogen-bond acceptors (Lipinski definition) is 1. The van der Waals surface area contributed by atoms with Crippen molar-refractivity contribution < 1.29 is 9.90 Å². The van der Waals surface area contributed by atoms with E-state index in [9.17, 15) is 4.79 Å². The van der Waals surface area contributed by atoms with Crippen LogP contribution >= 0.6 is 0 Å². The van der Waals surface area contributed by atoms with Crippen molar-refractivity contribution in [1.82, 2.24) is 0 Å². The van der Waals surface area contributed by atoms with Crippen LogP contribution in [0.1, 0.15) is 21.5 Å². The average molecular weight is 224 g/mol. The molecule has 0 aliphatic heterocycles. The fourth-order valence-corrected chi connectivity index (χ4v) is 1.90. The number of hydrogen-bond donors (Lipinski definition) is 1. The highest BCUT2D eigenvalue weighted by molar-refractivity contribution is 6.01. The summed E-state index contributed by atoms with van der Waals surface area (Å²) < 4.78 is 0. The number of carbonyl (C=O) groups is 1. The summed E-state index contributed by atoms with van der Waals surface area (Å²) in [5.74, 6) is -0.944. The molecule has 2 aromatic rings. The Morgan fingerprint density at radius 3 is 2.41 bits per heavy atom. The van der Waals surface area contributed by atoms with Crippen molar-refractivity contribution in [2.45, 2.75) is 0 Å². The molecule has 0 bridgehead atoms. The monoisotopic (exact) mass is 224 g/mol. The summed E-state index contributed by atoms with van der Waals surface area (Å²) in [5, 5.41) is 11.0. The number of benzene rings is 2. The number of fused-ring (bicyclic) bond motifs is 1. The zero-order valence-electron chi connectivity index (χ0n) is 9.31. The Balaban J connectivity index is 2.88. The molecule has 0 fully saturated rings. The third kappa shape index (κ3) is 1.85. The summed E-state index contributed by atoms with van der Waals surface area (Å²) in [5.41, 5.74) is 1.83. The predicted octanol–water partition coefficient (Wildman–Crippen LogP) is 3.82. The Labute approximate surface area is 99.5 Å². The fraction of sp³-hybridized carbons (Fsp3) is 0. The zero-order valence-corrected chi connectivity index (χ0v) is 9.31. The van der Waals surface area contributed by atoms with Crippen molar-refractivity contribution in [3.63, 3.8) is 0 Å². The van der Waals surface area contributed by atoms with Crippen LogP contribution in [0, 0.1) is 0 Å². The molecule has 2 rings (SSSR count). The molecular weight excluding hydrogens is 212 g/mol. The van der Waals surface area contributed by atoms with Gasteiger partial charge in [-0.2, -0.15) is 0 Å². The molecule has 0 unspecified atom stereocenters. The summed E-state index contributed by atoms with van der Waals surface area (Å²) in [7, 11) is 0. The first-order chi connectivity index (χ1) is 8.17. The highest BCUT2D eigenvalue weighted by atomic mass is 16.4. The smallest absolute Gasteiger partial charge is 0.336 e. The first-order valence-corrected chi connectivity index (χ1v) is 5.22. The van der Waals surface area contributed by atoms with E-state index in [4.69, 9.17) is 5.11 Å². The number of carboxylic acids is 1. The molecule has 0 saturated heterocycles. The van der Waals surface area contributed by atoms with Gasteiger partial charge in [0.25, 0.3) is 0 Å². The minimum absolute atomic E-state index is 0.266. The molecule has 0 aliphatic rings. The van der Waals surface area contributed by atoms with Gasteiger partial charge in [0.05, 0.1) is 5.56 Å². The lowest BCUT2D eigenvalue weighted by Gasteiger charge is -2.07. The summed E-state index contributed by atoms with van der Waals surface area (Å²) in [6.45, 7) is 7.37. The minimum Gasteiger partial charge on any atom is -0.478 e. The Morgan fingerprint density at radius 1 is 1.12 bits per heavy atom. The normalized spacial score (nSPS) is 10.1. The van der Waals surface area contributed by atoms with Crippen LogP contribution in [0.15, 0.2) is 43.5 Å². The first-order valence-electron chi connectivity index (χ1n) is 5.22. The van der Waals surface area contributed by atoms with Crippen LogP contribution in [0.5, 0.6) is 0 Å². The molecular formula is C15H12O2. The Kier molecular flexibility index (Phi) is 2.79. The van der Waals surface area contributed by atoms with Gasteiger partial charge in [-0.1, -0.05) is 43.5 Å². The molecule has 0 heterocycles. The molecule has 0 amide bonds. The van der Waals surface area contributed by atoms with E-state index in [1.165, 1.54) is 0 Å². The molecule has 1 N–H and O–H groups in total. The van der Waals surface area contributed by atoms with E-state index in [1.54, 1.807) is 18.2 Å². The van der Waals surface area contributed by atoms with Gasteiger partial charge in [-0.15, -0.1) is 0 Å². The lowest BCUT2D eigenvalue weighted by molar-refractivity contribution is 0.0697. The van der Waals surface area contributed by atoms with Crippen LogP contribution in [-0.2, 0) is 0 Å². The van der Waals surface area contributed by atoms with Crippen LogP contribution in [-0.4, -0.2) is 11.1 Å². The second-order valence-corrected chi connectivity index (χ2v) is 3.72. The zero-order chi connectivity index (χ0) is 12.4. The summed E-state index contributed by atoms with van der Waals surface area (Å²) in [6, 6.07) is 9.28. The number of aromatic carboxylic acids is 1. The molecule has 0 saturated carbocycles.